The molecule has 2 heterocycles. The zero-order valence-electron chi connectivity index (χ0n) is 22.1. The van der Waals surface area contributed by atoms with E-state index < -0.39 is 11.0 Å². The SMILES string of the molecule is CCCCc1ccc(NS(=O)c2ccc(C)c(C(=O)N3CCN(Cc4ccc5c(c4)OCO5)CC3)c2)cc1. The van der Waals surface area contributed by atoms with Crippen molar-refractivity contribution in [3.8, 4) is 11.5 Å². The van der Waals surface area contributed by atoms with Gasteiger partial charge in [-0.05, 0) is 72.9 Å². The van der Waals surface area contributed by atoms with E-state index in [2.05, 4.69) is 34.7 Å². The molecule has 3 aromatic carbocycles. The highest BCUT2D eigenvalue weighted by atomic mass is 32.2. The minimum absolute atomic E-state index is 0.00986. The van der Waals surface area contributed by atoms with Crippen molar-refractivity contribution in [2.24, 2.45) is 0 Å². The fraction of sp³-hybridized carbons (Fsp3) is 0.367. The van der Waals surface area contributed by atoms with Gasteiger partial charge in [-0.2, -0.15) is 0 Å². The largest absolute Gasteiger partial charge is 0.454 e. The summed E-state index contributed by atoms with van der Waals surface area (Å²) in [5.41, 5.74) is 4.75. The highest BCUT2D eigenvalue weighted by Crippen LogP contribution is 2.33. The highest BCUT2D eigenvalue weighted by molar-refractivity contribution is 7.86. The molecule has 1 amide bonds. The van der Waals surface area contributed by atoms with Crippen LogP contribution in [0.15, 0.2) is 65.6 Å². The average Bonchev–Trinajstić information content (AvgIpc) is 3.41. The monoisotopic (exact) mass is 533 g/mol. The number of ether oxygens (including phenoxy) is 2. The van der Waals surface area contributed by atoms with Gasteiger partial charge in [-0.3, -0.25) is 9.69 Å². The van der Waals surface area contributed by atoms with Gasteiger partial charge in [0.25, 0.3) is 5.91 Å². The molecule has 200 valence electrons. The minimum atomic E-state index is -1.46. The number of benzene rings is 3. The van der Waals surface area contributed by atoms with E-state index >= 15 is 0 Å². The summed E-state index contributed by atoms with van der Waals surface area (Å²) < 4.78 is 27.0. The Morgan fingerprint density at radius 2 is 1.66 bits per heavy atom. The van der Waals surface area contributed by atoms with Crippen molar-refractivity contribution < 1.29 is 18.5 Å². The molecule has 38 heavy (non-hydrogen) atoms. The fourth-order valence-electron chi connectivity index (χ4n) is 4.81. The van der Waals surface area contributed by atoms with Crippen LogP contribution in [0, 0.1) is 6.92 Å². The molecule has 0 aliphatic carbocycles. The number of carbonyl (C=O) groups is 1. The van der Waals surface area contributed by atoms with Gasteiger partial charge in [0.2, 0.25) is 6.79 Å². The van der Waals surface area contributed by atoms with Crippen LogP contribution in [-0.2, 0) is 24.0 Å². The van der Waals surface area contributed by atoms with E-state index in [-0.39, 0.29) is 12.7 Å². The van der Waals surface area contributed by atoms with Crippen molar-refractivity contribution in [3.63, 3.8) is 0 Å². The minimum Gasteiger partial charge on any atom is -0.454 e. The van der Waals surface area contributed by atoms with Crippen molar-refractivity contribution in [2.75, 3.05) is 37.7 Å². The molecule has 2 aliphatic heterocycles. The predicted molar refractivity (Wildman–Crippen MR) is 150 cm³/mol. The van der Waals surface area contributed by atoms with Crippen LogP contribution in [0.3, 0.4) is 0 Å². The molecule has 0 bridgehead atoms. The molecule has 0 saturated carbocycles. The van der Waals surface area contributed by atoms with Crippen LogP contribution < -0.4 is 14.2 Å². The molecule has 1 saturated heterocycles. The van der Waals surface area contributed by atoms with Gasteiger partial charge in [-0.15, -0.1) is 0 Å². The predicted octanol–water partition coefficient (Wildman–Crippen LogP) is 5.16. The lowest BCUT2D eigenvalue weighted by molar-refractivity contribution is 0.0627. The van der Waals surface area contributed by atoms with Crippen molar-refractivity contribution in [1.29, 1.82) is 0 Å². The molecular weight excluding hydrogens is 498 g/mol. The first-order valence-electron chi connectivity index (χ1n) is 13.3. The normalized spacial score (nSPS) is 15.9. The van der Waals surface area contributed by atoms with Crippen LogP contribution in [0.4, 0.5) is 5.69 Å². The number of fused-ring (bicyclic) bond motifs is 1. The number of nitrogens with one attached hydrogen (secondary N) is 1. The van der Waals surface area contributed by atoms with Crippen molar-refractivity contribution in [1.82, 2.24) is 9.80 Å². The Kier molecular flexibility index (Phi) is 8.29. The van der Waals surface area contributed by atoms with E-state index in [1.54, 1.807) is 6.07 Å². The van der Waals surface area contributed by atoms with E-state index in [1.807, 2.05) is 48.2 Å². The highest BCUT2D eigenvalue weighted by Gasteiger charge is 2.24. The molecule has 7 nitrogen and oxygen atoms in total. The first kappa shape index (κ1) is 26.3. The topological polar surface area (TPSA) is 71.1 Å². The van der Waals surface area contributed by atoms with E-state index in [1.165, 1.54) is 11.1 Å². The maximum absolute atomic E-state index is 13.4. The Morgan fingerprint density at radius 1 is 0.921 bits per heavy atom. The molecule has 0 spiro atoms. The first-order chi connectivity index (χ1) is 18.5. The smallest absolute Gasteiger partial charge is 0.254 e. The van der Waals surface area contributed by atoms with E-state index in [0.29, 0.717) is 23.5 Å². The Labute approximate surface area is 227 Å². The quantitative estimate of drug-likeness (QED) is 0.412. The number of aryl methyl sites for hydroxylation is 2. The Hall–Kier alpha value is -3.36. The molecule has 1 unspecified atom stereocenters. The van der Waals surface area contributed by atoms with Crippen LogP contribution in [0.1, 0.15) is 46.8 Å². The molecule has 1 fully saturated rings. The number of piperazine rings is 1. The summed E-state index contributed by atoms with van der Waals surface area (Å²) in [6, 6.07) is 19.6. The average molecular weight is 534 g/mol. The summed E-state index contributed by atoms with van der Waals surface area (Å²) in [4.78, 5) is 18.3. The van der Waals surface area contributed by atoms with Crippen molar-refractivity contribution >= 4 is 22.6 Å². The number of carbonyl (C=O) groups excluding carboxylic acids is 1. The number of anilines is 1. The number of nitrogens with zero attached hydrogens (tertiary/aromatic N) is 2. The van der Waals surface area contributed by atoms with Crippen LogP contribution in [0.5, 0.6) is 11.5 Å². The number of rotatable bonds is 9. The van der Waals surface area contributed by atoms with Crippen molar-refractivity contribution in [2.45, 2.75) is 44.6 Å². The van der Waals surface area contributed by atoms with Crippen molar-refractivity contribution in [3.05, 3.63) is 82.9 Å². The second-order valence-corrected chi connectivity index (χ2v) is 11.1. The van der Waals surface area contributed by atoms with Crippen LogP contribution >= 0.6 is 0 Å². The first-order valence-corrected chi connectivity index (χ1v) is 14.4. The van der Waals surface area contributed by atoms with Gasteiger partial charge in [0.05, 0.1) is 4.90 Å². The van der Waals surface area contributed by atoms with Gasteiger partial charge in [-0.1, -0.05) is 37.6 Å². The Balaban J connectivity index is 1.18. The zero-order chi connectivity index (χ0) is 26.5. The summed E-state index contributed by atoms with van der Waals surface area (Å²) >= 11 is 0. The van der Waals surface area contributed by atoms with E-state index in [4.69, 9.17) is 9.47 Å². The van der Waals surface area contributed by atoms with E-state index in [9.17, 15) is 9.00 Å². The third-order valence-electron chi connectivity index (χ3n) is 7.14. The molecule has 3 aromatic rings. The van der Waals surface area contributed by atoms with Crippen LogP contribution in [0.25, 0.3) is 0 Å². The summed E-state index contributed by atoms with van der Waals surface area (Å²) in [5.74, 6) is 1.57. The van der Waals surface area contributed by atoms with Crippen LogP contribution in [-0.4, -0.2) is 52.9 Å². The molecule has 2 aliphatic rings. The second kappa shape index (κ2) is 12.0. The molecule has 0 aromatic heterocycles. The standard InChI is InChI=1S/C30H35N3O4S/c1-3-4-5-23-7-10-25(11-8-23)31-38(35)26-12-6-22(2)27(19-26)30(34)33-16-14-32(15-17-33)20-24-9-13-28-29(18-24)37-21-36-28/h6-13,18-19,31H,3-5,14-17,20-21H2,1-2H3. The van der Waals surface area contributed by atoms with Gasteiger partial charge in [0, 0.05) is 44.0 Å². The summed E-state index contributed by atoms with van der Waals surface area (Å²) in [7, 11) is -1.46. The summed E-state index contributed by atoms with van der Waals surface area (Å²) in [6.45, 7) is 8.08. The van der Waals surface area contributed by atoms with Gasteiger partial charge in [0.15, 0.2) is 11.5 Å². The molecule has 0 radical (unpaired) electrons. The maximum atomic E-state index is 13.4. The van der Waals surface area contributed by atoms with Crippen LogP contribution in [0.2, 0.25) is 0 Å². The Bertz CT molecular complexity index is 1300. The lowest BCUT2D eigenvalue weighted by Crippen LogP contribution is -2.48. The number of hydrogen-bond donors (Lipinski definition) is 1. The van der Waals surface area contributed by atoms with Gasteiger partial charge >= 0.3 is 0 Å². The van der Waals surface area contributed by atoms with Gasteiger partial charge in [-0.25, -0.2) is 4.21 Å². The number of hydrogen-bond acceptors (Lipinski definition) is 5. The number of amides is 1. The summed E-state index contributed by atoms with van der Waals surface area (Å²) in [6.07, 6.45) is 3.37. The zero-order valence-corrected chi connectivity index (χ0v) is 22.9. The van der Waals surface area contributed by atoms with Gasteiger partial charge in [0.1, 0.15) is 11.0 Å². The lowest BCUT2D eigenvalue weighted by atomic mass is 10.1. The molecule has 5 rings (SSSR count). The third-order valence-corrected chi connectivity index (χ3v) is 8.24. The third kappa shape index (κ3) is 6.19. The van der Waals surface area contributed by atoms with Gasteiger partial charge < -0.3 is 19.1 Å². The molecule has 1 N–H and O–H groups in total. The Morgan fingerprint density at radius 3 is 2.42 bits per heavy atom. The number of unbranched alkanes of at least 4 members (excludes halogenated alkanes) is 1. The maximum Gasteiger partial charge on any atom is 0.254 e. The lowest BCUT2D eigenvalue weighted by Gasteiger charge is -2.35. The fourth-order valence-corrected chi connectivity index (χ4v) is 5.69. The molecule has 1 atom stereocenters. The molecule has 8 heteroatoms. The second-order valence-electron chi connectivity index (χ2n) is 9.90. The molecular formula is C30H35N3O4S. The summed E-state index contributed by atoms with van der Waals surface area (Å²) in [5, 5.41) is 0. The van der Waals surface area contributed by atoms with E-state index in [0.717, 1.165) is 61.6 Å².